The molecule has 0 unspecified atom stereocenters. The molecule has 0 radical (unpaired) electrons. The summed E-state index contributed by atoms with van der Waals surface area (Å²) in [5, 5.41) is 0.930. The van der Waals surface area contributed by atoms with E-state index in [-0.39, 0.29) is 17.7 Å². The number of thiazole rings is 1. The van der Waals surface area contributed by atoms with Crippen molar-refractivity contribution in [1.82, 2.24) is 9.88 Å². The van der Waals surface area contributed by atoms with E-state index in [9.17, 15) is 4.79 Å². The van der Waals surface area contributed by atoms with E-state index in [1.807, 2.05) is 30.3 Å². The van der Waals surface area contributed by atoms with E-state index in [1.165, 1.54) is 12.0 Å². The lowest BCUT2D eigenvalue weighted by atomic mass is 9.86. The molecule has 1 saturated heterocycles. The first-order chi connectivity index (χ1) is 14.3. The summed E-state index contributed by atoms with van der Waals surface area (Å²) in [6.45, 7) is 5.84. The average Bonchev–Trinajstić information content (AvgIpc) is 3.21. The van der Waals surface area contributed by atoms with Crippen LogP contribution in [0.2, 0.25) is 0 Å². The monoisotopic (exact) mass is 404 g/mol. The molecule has 1 fully saturated rings. The van der Waals surface area contributed by atoms with Crippen molar-refractivity contribution in [3.8, 4) is 0 Å². The summed E-state index contributed by atoms with van der Waals surface area (Å²) in [7, 11) is 0. The van der Waals surface area contributed by atoms with E-state index < -0.39 is 0 Å². The molecule has 0 saturated carbocycles. The van der Waals surface area contributed by atoms with Gasteiger partial charge in [0, 0.05) is 13.1 Å². The number of carbonyl (C=O) groups excluding carboxylic acids is 1. The maximum absolute atomic E-state index is 13.6. The highest BCUT2D eigenvalue weighted by Gasteiger charge is 2.34. The van der Waals surface area contributed by atoms with E-state index in [1.54, 1.807) is 11.3 Å². The zero-order valence-corrected chi connectivity index (χ0v) is 17.6. The Balaban J connectivity index is 1.63. The minimum Gasteiger partial charge on any atom is -0.342 e. The number of aromatic nitrogens is 1. The topological polar surface area (TPSA) is 33.2 Å². The number of nitrogens with zero attached hydrogens (tertiary/aromatic N) is 2. The van der Waals surface area contributed by atoms with Crippen LogP contribution >= 0.6 is 11.3 Å². The lowest BCUT2D eigenvalue weighted by Gasteiger charge is -2.32. The second kappa shape index (κ2) is 9.36. The molecule has 2 atom stereocenters. The first kappa shape index (κ1) is 19.8. The maximum atomic E-state index is 13.6. The number of fused-ring (bicyclic) bond motifs is 1. The molecule has 4 rings (SSSR count). The van der Waals surface area contributed by atoms with Crippen molar-refractivity contribution >= 4 is 27.5 Å². The minimum atomic E-state index is -0.244. The molecule has 3 aromatic rings. The number of carbonyl (C=O) groups is 1. The van der Waals surface area contributed by atoms with Crippen LogP contribution < -0.4 is 0 Å². The molecular formula is C25H28N2OS. The molecule has 4 heteroatoms. The Hall–Kier alpha value is -2.46. The van der Waals surface area contributed by atoms with Crippen molar-refractivity contribution in [2.45, 2.75) is 38.0 Å². The van der Waals surface area contributed by atoms with Gasteiger partial charge in [0.1, 0.15) is 5.01 Å². The second-order valence-electron chi connectivity index (χ2n) is 7.81. The van der Waals surface area contributed by atoms with E-state index >= 15 is 0 Å². The Morgan fingerprint density at radius 2 is 1.79 bits per heavy atom. The van der Waals surface area contributed by atoms with Crippen LogP contribution in [-0.2, 0) is 11.2 Å². The number of hydrogen-bond acceptors (Lipinski definition) is 3. The molecule has 0 bridgehead atoms. The van der Waals surface area contributed by atoms with Crippen LogP contribution in [0.25, 0.3) is 10.2 Å². The Labute approximate surface area is 177 Å². The van der Waals surface area contributed by atoms with Crippen molar-refractivity contribution in [1.29, 1.82) is 0 Å². The summed E-state index contributed by atoms with van der Waals surface area (Å²) in [4.78, 5) is 20.6. The number of aryl methyl sites for hydroxylation is 1. The zero-order valence-electron chi connectivity index (χ0n) is 16.8. The largest absolute Gasteiger partial charge is 0.342 e. The van der Waals surface area contributed by atoms with Crippen LogP contribution in [0.1, 0.15) is 42.2 Å². The lowest BCUT2D eigenvalue weighted by molar-refractivity contribution is -0.134. The minimum absolute atomic E-state index is 0.0743. The van der Waals surface area contributed by atoms with E-state index in [2.05, 4.69) is 41.8 Å². The Morgan fingerprint density at radius 1 is 1.07 bits per heavy atom. The summed E-state index contributed by atoms with van der Waals surface area (Å²) >= 11 is 1.66. The van der Waals surface area contributed by atoms with E-state index in [0.717, 1.165) is 54.0 Å². The van der Waals surface area contributed by atoms with Crippen molar-refractivity contribution in [3.63, 3.8) is 0 Å². The van der Waals surface area contributed by atoms with Crippen molar-refractivity contribution in [2.75, 3.05) is 13.1 Å². The molecule has 0 spiro atoms. The van der Waals surface area contributed by atoms with Gasteiger partial charge in [0.2, 0.25) is 5.91 Å². The van der Waals surface area contributed by atoms with Gasteiger partial charge in [0.25, 0.3) is 0 Å². The van der Waals surface area contributed by atoms with Gasteiger partial charge in [0.05, 0.1) is 16.1 Å². The molecule has 1 aliphatic heterocycles. The molecule has 1 aromatic heterocycles. The molecule has 29 heavy (non-hydrogen) atoms. The third-order valence-corrected chi connectivity index (χ3v) is 6.97. The van der Waals surface area contributed by atoms with Crippen LogP contribution in [-0.4, -0.2) is 28.9 Å². The number of piperidine rings is 1. The third kappa shape index (κ3) is 4.59. The molecule has 1 amide bonds. The number of benzene rings is 2. The average molecular weight is 405 g/mol. The highest BCUT2D eigenvalue weighted by molar-refractivity contribution is 7.18. The molecule has 2 aromatic carbocycles. The van der Waals surface area contributed by atoms with Crippen LogP contribution in [0.15, 0.2) is 67.3 Å². The molecular weight excluding hydrogens is 376 g/mol. The molecule has 0 aliphatic carbocycles. The fourth-order valence-electron chi connectivity index (χ4n) is 4.20. The highest BCUT2D eigenvalue weighted by atomic mass is 32.1. The number of para-hydroxylation sites is 1. The molecule has 3 nitrogen and oxygen atoms in total. The van der Waals surface area contributed by atoms with Gasteiger partial charge in [-0.25, -0.2) is 4.98 Å². The summed E-state index contributed by atoms with van der Waals surface area (Å²) < 4.78 is 1.14. The van der Waals surface area contributed by atoms with Crippen LogP contribution in [0, 0.1) is 5.92 Å². The molecule has 0 N–H and O–H groups in total. The van der Waals surface area contributed by atoms with Gasteiger partial charge in [-0.3, -0.25) is 4.79 Å². The predicted octanol–water partition coefficient (Wildman–Crippen LogP) is 5.83. The highest BCUT2D eigenvalue weighted by Crippen LogP contribution is 2.36. The molecule has 2 heterocycles. The van der Waals surface area contributed by atoms with Gasteiger partial charge in [-0.05, 0) is 55.7 Å². The van der Waals surface area contributed by atoms with Crippen LogP contribution in [0.3, 0.4) is 0 Å². The number of rotatable bonds is 7. The smallest absolute Gasteiger partial charge is 0.233 e. The first-order valence-corrected chi connectivity index (χ1v) is 11.4. The molecule has 150 valence electrons. The number of hydrogen-bond donors (Lipinski definition) is 0. The number of likely N-dealkylation sites (tertiary alicyclic amines) is 1. The van der Waals surface area contributed by atoms with E-state index in [4.69, 9.17) is 4.98 Å². The summed E-state index contributed by atoms with van der Waals surface area (Å²) in [6, 6.07) is 18.7. The maximum Gasteiger partial charge on any atom is 0.233 e. The van der Waals surface area contributed by atoms with Crippen molar-refractivity contribution < 1.29 is 4.79 Å². The summed E-state index contributed by atoms with van der Waals surface area (Å²) in [6.07, 6.45) is 7.22. The molecule has 1 aliphatic rings. The van der Waals surface area contributed by atoms with Crippen LogP contribution in [0.4, 0.5) is 0 Å². The fourth-order valence-corrected chi connectivity index (χ4v) is 5.34. The second-order valence-corrected chi connectivity index (χ2v) is 8.87. The Bertz CT molecular complexity index is 926. The van der Waals surface area contributed by atoms with Gasteiger partial charge < -0.3 is 4.90 Å². The van der Waals surface area contributed by atoms with E-state index in [0.29, 0.717) is 0 Å². The van der Waals surface area contributed by atoms with Gasteiger partial charge in [-0.15, -0.1) is 17.9 Å². The Morgan fingerprint density at radius 3 is 2.52 bits per heavy atom. The van der Waals surface area contributed by atoms with Crippen LogP contribution in [0.5, 0.6) is 0 Å². The van der Waals surface area contributed by atoms with Gasteiger partial charge in [-0.2, -0.15) is 0 Å². The fraction of sp³-hybridized carbons (Fsp3) is 0.360. The van der Waals surface area contributed by atoms with Gasteiger partial charge in [0.15, 0.2) is 0 Å². The SMILES string of the molecule is C=C[C@H](CCc1ccccc1)[C@H](C(=O)N1CCCCC1)c1nc2ccccc2s1. The third-order valence-electron chi connectivity index (χ3n) is 5.85. The predicted molar refractivity (Wildman–Crippen MR) is 121 cm³/mol. The quantitative estimate of drug-likeness (QED) is 0.464. The number of allylic oxidation sites excluding steroid dienone is 1. The number of amides is 1. The zero-order chi connectivity index (χ0) is 20.1. The Kier molecular flexibility index (Phi) is 6.40. The van der Waals surface area contributed by atoms with Crippen molar-refractivity contribution in [3.05, 3.63) is 77.8 Å². The lowest BCUT2D eigenvalue weighted by Crippen LogP contribution is -2.40. The first-order valence-electron chi connectivity index (χ1n) is 10.6. The normalized spacial score (nSPS) is 16.5. The van der Waals surface area contributed by atoms with Crippen molar-refractivity contribution in [2.24, 2.45) is 5.92 Å². The summed E-state index contributed by atoms with van der Waals surface area (Å²) in [5.41, 5.74) is 2.28. The standard InChI is InChI=1S/C25H28N2OS/c1-2-20(16-15-19-11-5-3-6-12-19)23(25(28)27-17-9-4-10-18-27)24-26-21-13-7-8-14-22(21)29-24/h2-3,5-8,11-14,20,23H,1,4,9-10,15-18H2/t20-,23+/m1/s1. The van der Waals surface area contributed by atoms with Gasteiger partial charge >= 0.3 is 0 Å². The van der Waals surface area contributed by atoms with Gasteiger partial charge in [-0.1, -0.05) is 48.5 Å². The summed E-state index contributed by atoms with van der Waals surface area (Å²) in [5.74, 6) is 0.0543.